The van der Waals surface area contributed by atoms with Crippen LogP contribution >= 0.6 is 24.0 Å². The standard InChI is InChI=1S/C29H56N2O4S2/c1-8-9-10-11-12-13-14-15-16-17-18-19-20-22-25(36)37-24-21-23-31(27(33)35-29(5,6)7)30-26(32)34-28(2,3)4/h8-24H2,1-7H3,(H,30,32). The highest BCUT2D eigenvalue weighted by Gasteiger charge is 2.25. The molecule has 218 valence electrons. The molecule has 0 aliphatic heterocycles. The summed E-state index contributed by atoms with van der Waals surface area (Å²) in [5.41, 5.74) is 1.21. The third kappa shape index (κ3) is 25.0. The van der Waals surface area contributed by atoms with Crippen molar-refractivity contribution in [1.82, 2.24) is 10.4 Å². The zero-order chi connectivity index (χ0) is 28.2. The number of nitrogens with one attached hydrogen (secondary N) is 1. The maximum absolute atomic E-state index is 12.5. The van der Waals surface area contributed by atoms with Crippen LogP contribution < -0.4 is 5.43 Å². The maximum atomic E-state index is 12.5. The van der Waals surface area contributed by atoms with Crippen molar-refractivity contribution in [1.29, 1.82) is 0 Å². The number of thiocarbonyl (C=S) groups is 1. The lowest BCUT2D eigenvalue weighted by atomic mass is 10.0. The van der Waals surface area contributed by atoms with Gasteiger partial charge in [-0.1, -0.05) is 96.2 Å². The second-order valence-electron chi connectivity index (χ2n) is 11.8. The molecule has 0 rings (SSSR count). The number of hydrogen-bond donors (Lipinski definition) is 1. The van der Waals surface area contributed by atoms with Crippen molar-refractivity contribution in [3.05, 3.63) is 0 Å². The molecule has 0 aromatic heterocycles. The van der Waals surface area contributed by atoms with Gasteiger partial charge in [-0.15, -0.1) is 11.8 Å². The van der Waals surface area contributed by atoms with E-state index < -0.39 is 23.4 Å². The fraction of sp³-hybridized carbons (Fsp3) is 0.897. The van der Waals surface area contributed by atoms with Crippen LogP contribution in [0.1, 0.15) is 145 Å². The quantitative estimate of drug-likeness (QED) is 0.102. The molecule has 0 saturated carbocycles. The summed E-state index contributed by atoms with van der Waals surface area (Å²) in [7, 11) is 0. The third-order valence-corrected chi connectivity index (χ3v) is 7.09. The highest BCUT2D eigenvalue weighted by Crippen LogP contribution is 2.17. The smallest absolute Gasteiger partial charge is 0.429 e. The van der Waals surface area contributed by atoms with Crippen LogP contribution in [-0.2, 0) is 9.47 Å². The van der Waals surface area contributed by atoms with Gasteiger partial charge in [0.1, 0.15) is 11.2 Å². The van der Waals surface area contributed by atoms with Gasteiger partial charge in [-0.2, -0.15) is 0 Å². The molecule has 1 N–H and O–H groups in total. The van der Waals surface area contributed by atoms with E-state index in [-0.39, 0.29) is 0 Å². The lowest BCUT2D eigenvalue weighted by Gasteiger charge is -2.28. The molecule has 0 aromatic carbocycles. The van der Waals surface area contributed by atoms with Crippen molar-refractivity contribution in [3.8, 4) is 0 Å². The molecule has 0 aliphatic carbocycles. The van der Waals surface area contributed by atoms with Gasteiger partial charge in [0.25, 0.3) is 0 Å². The summed E-state index contributed by atoms with van der Waals surface area (Å²) >= 11 is 7.21. The highest BCUT2D eigenvalue weighted by molar-refractivity contribution is 8.23. The van der Waals surface area contributed by atoms with Crippen LogP contribution in [0.4, 0.5) is 9.59 Å². The first-order chi connectivity index (χ1) is 17.3. The molecular formula is C29H56N2O4S2. The van der Waals surface area contributed by atoms with E-state index in [0.29, 0.717) is 13.0 Å². The van der Waals surface area contributed by atoms with Gasteiger partial charge in [-0.25, -0.2) is 20.0 Å². The average Bonchev–Trinajstić information content (AvgIpc) is 2.76. The first kappa shape index (κ1) is 36.0. The van der Waals surface area contributed by atoms with E-state index in [4.69, 9.17) is 21.7 Å². The minimum Gasteiger partial charge on any atom is -0.443 e. The van der Waals surface area contributed by atoms with Crippen LogP contribution in [0.25, 0.3) is 0 Å². The van der Waals surface area contributed by atoms with Gasteiger partial charge >= 0.3 is 12.2 Å². The Kier molecular flexibility index (Phi) is 20.3. The summed E-state index contributed by atoms with van der Waals surface area (Å²) in [6, 6.07) is 0. The molecule has 2 amide bonds. The highest BCUT2D eigenvalue weighted by atomic mass is 32.2. The van der Waals surface area contributed by atoms with E-state index >= 15 is 0 Å². The number of unbranched alkanes of at least 4 members (excludes halogenated alkanes) is 12. The Labute approximate surface area is 237 Å². The average molecular weight is 561 g/mol. The Morgan fingerprint density at radius 2 is 1.19 bits per heavy atom. The number of thioether (sulfide) groups is 1. The van der Waals surface area contributed by atoms with Gasteiger partial charge in [0.05, 0.1) is 0 Å². The summed E-state index contributed by atoms with van der Waals surface area (Å²) in [5.74, 6) is 0.784. The predicted molar refractivity (Wildman–Crippen MR) is 162 cm³/mol. The van der Waals surface area contributed by atoms with E-state index in [9.17, 15) is 9.59 Å². The first-order valence-electron chi connectivity index (χ1n) is 14.5. The van der Waals surface area contributed by atoms with Crippen molar-refractivity contribution >= 4 is 40.4 Å². The maximum Gasteiger partial charge on any atom is 0.429 e. The van der Waals surface area contributed by atoms with E-state index in [1.165, 1.54) is 82.1 Å². The molecule has 37 heavy (non-hydrogen) atoms. The number of hydrazine groups is 1. The van der Waals surface area contributed by atoms with E-state index in [2.05, 4.69) is 12.3 Å². The lowest BCUT2D eigenvalue weighted by molar-refractivity contribution is 0.00148. The molecule has 0 heterocycles. The van der Waals surface area contributed by atoms with Crippen LogP contribution in [0.15, 0.2) is 0 Å². The predicted octanol–water partition coefficient (Wildman–Crippen LogP) is 9.60. The van der Waals surface area contributed by atoms with E-state index in [1.54, 1.807) is 53.3 Å². The summed E-state index contributed by atoms with van der Waals surface area (Å²) in [6.07, 6.45) is 17.9. The summed E-state index contributed by atoms with van der Waals surface area (Å²) < 4.78 is 11.7. The molecule has 0 saturated heterocycles. The van der Waals surface area contributed by atoms with Crippen molar-refractivity contribution in [2.45, 2.75) is 156 Å². The van der Waals surface area contributed by atoms with Crippen LogP contribution in [0.3, 0.4) is 0 Å². The normalized spacial score (nSPS) is 11.8. The number of rotatable bonds is 18. The molecule has 0 atom stereocenters. The molecule has 0 fully saturated rings. The zero-order valence-corrected chi connectivity index (χ0v) is 26.6. The molecule has 0 bridgehead atoms. The van der Waals surface area contributed by atoms with Crippen molar-refractivity contribution in [3.63, 3.8) is 0 Å². The number of ether oxygens (including phenoxy) is 2. The van der Waals surface area contributed by atoms with Crippen molar-refractivity contribution < 1.29 is 19.1 Å². The second-order valence-corrected chi connectivity index (χ2v) is 13.8. The van der Waals surface area contributed by atoms with Gasteiger partial charge in [-0.05, 0) is 60.8 Å². The molecule has 0 radical (unpaired) electrons. The van der Waals surface area contributed by atoms with Crippen molar-refractivity contribution in [2.75, 3.05) is 12.3 Å². The zero-order valence-electron chi connectivity index (χ0n) is 24.9. The minimum absolute atomic E-state index is 0.322. The lowest BCUT2D eigenvalue weighted by Crippen LogP contribution is -2.50. The number of carbonyl (C=O) groups is 2. The van der Waals surface area contributed by atoms with Gasteiger partial charge < -0.3 is 9.47 Å². The number of nitrogens with zero attached hydrogens (tertiary/aromatic N) is 1. The minimum atomic E-state index is -0.677. The topological polar surface area (TPSA) is 67.9 Å². The summed E-state index contributed by atoms with van der Waals surface area (Å²) in [4.78, 5) is 24.7. The molecule has 0 aromatic rings. The van der Waals surface area contributed by atoms with Crippen LogP contribution in [0, 0.1) is 0 Å². The van der Waals surface area contributed by atoms with Crippen LogP contribution in [-0.4, -0.2) is 44.9 Å². The Morgan fingerprint density at radius 1 is 0.730 bits per heavy atom. The summed E-state index contributed by atoms with van der Waals surface area (Å²) in [5, 5.41) is 1.19. The van der Waals surface area contributed by atoms with Gasteiger partial charge in [-0.3, -0.25) is 0 Å². The van der Waals surface area contributed by atoms with Crippen molar-refractivity contribution in [2.24, 2.45) is 0 Å². The Hall–Kier alpha value is -1.02. The largest absolute Gasteiger partial charge is 0.443 e. The molecule has 0 spiro atoms. The Balaban J connectivity index is 4.01. The van der Waals surface area contributed by atoms with Crippen LogP contribution in [0.2, 0.25) is 0 Å². The number of carbonyl (C=O) groups excluding carboxylic acids is 2. The Bertz CT molecular complexity index is 630. The van der Waals surface area contributed by atoms with Gasteiger partial charge in [0.15, 0.2) is 0 Å². The Morgan fingerprint density at radius 3 is 1.65 bits per heavy atom. The second kappa shape index (κ2) is 20.9. The molecule has 8 heteroatoms. The summed E-state index contributed by atoms with van der Waals surface area (Å²) in [6.45, 7) is 13.3. The fourth-order valence-electron chi connectivity index (χ4n) is 3.69. The molecule has 6 nitrogen and oxygen atoms in total. The number of amides is 2. The molecular weight excluding hydrogens is 504 g/mol. The number of hydrogen-bond acceptors (Lipinski definition) is 6. The van der Waals surface area contributed by atoms with Gasteiger partial charge in [0, 0.05) is 16.5 Å². The third-order valence-electron chi connectivity index (χ3n) is 5.51. The van der Waals surface area contributed by atoms with E-state index in [1.807, 2.05) is 0 Å². The van der Waals surface area contributed by atoms with Crippen LogP contribution in [0.5, 0.6) is 0 Å². The molecule has 0 aliphatic rings. The van der Waals surface area contributed by atoms with Gasteiger partial charge in [0.2, 0.25) is 0 Å². The SMILES string of the molecule is CCCCCCCCCCCCCCCC(=S)SCCCN(NC(=O)OC(C)(C)C)C(=O)OC(C)(C)C. The molecule has 0 unspecified atom stereocenters. The monoisotopic (exact) mass is 560 g/mol. The first-order valence-corrected chi connectivity index (χ1v) is 15.9. The fourth-order valence-corrected chi connectivity index (χ4v) is 4.87. The van der Waals surface area contributed by atoms with E-state index in [0.717, 1.165) is 22.8 Å².